The van der Waals surface area contributed by atoms with E-state index in [9.17, 15) is 9.59 Å². The maximum atomic E-state index is 12.2. The zero-order valence-corrected chi connectivity index (χ0v) is 14.7. The summed E-state index contributed by atoms with van der Waals surface area (Å²) in [7, 11) is 0. The van der Waals surface area contributed by atoms with Gasteiger partial charge in [-0.15, -0.1) is 0 Å². The minimum Gasteiger partial charge on any atom is -0.352 e. The normalized spacial score (nSPS) is 16.9. The number of likely N-dealkylation sites (tertiary alicyclic amines) is 1. The van der Waals surface area contributed by atoms with Crippen molar-refractivity contribution in [1.29, 1.82) is 0 Å². The van der Waals surface area contributed by atoms with Crippen molar-refractivity contribution in [1.82, 2.24) is 10.2 Å². The van der Waals surface area contributed by atoms with Crippen molar-refractivity contribution in [2.24, 2.45) is 5.92 Å². The summed E-state index contributed by atoms with van der Waals surface area (Å²) in [5.41, 5.74) is 1.77. The molecule has 1 aliphatic rings. The Morgan fingerprint density at radius 3 is 2.72 bits per heavy atom. The fourth-order valence-electron chi connectivity index (χ4n) is 3.08. The fraction of sp³-hybridized carbons (Fsp3) is 0.300. The molecule has 25 heavy (non-hydrogen) atoms. The van der Waals surface area contributed by atoms with Crippen LogP contribution in [0.2, 0.25) is 5.02 Å². The number of nitrogens with one attached hydrogen (secondary N) is 1. The molecule has 0 aromatic heterocycles. The van der Waals surface area contributed by atoms with Gasteiger partial charge < -0.3 is 10.2 Å². The molecule has 0 bridgehead atoms. The van der Waals surface area contributed by atoms with E-state index in [1.165, 1.54) is 5.56 Å². The van der Waals surface area contributed by atoms with Gasteiger partial charge in [0.2, 0.25) is 5.91 Å². The standard InChI is InChI=1S/C20H21ClN2O2/c21-18-8-4-7-17(12-18)20(25)22-13-16-11-19(24)23(14-16)10-9-15-5-2-1-3-6-15/h1-8,12,16H,9-11,13-14H2,(H,22,25). The van der Waals surface area contributed by atoms with Gasteiger partial charge in [-0.2, -0.15) is 0 Å². The predicted octanol–water partition coefficient (Wildman–Crippen LogP) is 3.16. The third-order valence-corrected chi connectivity index (χ3v) is 4.68. The Balaban J connectivity index is 1.47. The first-order valence-electron chi connectivity index (χ1n) is 8.47. The van der Waals surface area contributed by atoms with Gasteiger partial charge in [0, 0.05) is 42.6 Å². The molecule has 2 amide bonds. The quantitative estimate of drug-likeness (QED) is 0.864. The summed E-state index contributed by atoms with van der Waals surface area (Å²) < 4.78 is 0. The summed E-state index contributed by atoms with van der Waals surface area (Å²) in [6.07, 6.45) is 1.35. The first-order chi connectivity index (χ1) is 12.1. The number of rotatable bonds is 6. The van der Waals surface area contributed by atoms with Crippen molar-refractivity contribution in [2.75, 3.05) is 19.6 Å². The van der Waals surface area contributed by atoms with Gasteiger partial charge in [-0.1, -0.05) is 48.0 Å². The minimum atomic E-state index is -0.155. The highest BCUT2D eigenvalue weighted by Gasteiger charge is 2.29. The van der Waals surface area contributed by atoms with Gasteiger partial charge in [0.25, 0.3) is 5.91 Å². The maximum Gasteiger partial charge on any atom is 0.251 e. The van der Waals surface area contributed by atoms with Gasteiger partial charge >= 0.3 is 0 Å². The van der Waals surface area contributed by atoms with E-state index in [0.717, 1.165) is 13.0 Å². The molecular formula is C20H21ClN2O2. The number of carbonyl (C=O) groups excluding carboxylic acids is 2. The Morgan fingerprint density at radius 1 is 1.16 bits per heavy atom. The molecule has 130 valence electrons. The third-order valence-electron chi connectivity index (χ3n) is 4.45. The van der Waals surface area contributed by atoms with Crippen molar-refractivity contribution < 1.29 is 9.59 Å². The zero-order valence-electron chi connectivity index (χ0n) is 14.0. The van der Waals surface area contributed by atoms with Gasteiger partial charge in [0.15, 0.2) is 0 Å². The molecule has 0 aliphatic carbocycles. The largest absolute Gasteiger partial charge is 0.352 e. The highest BCUT2D eigenvalue weighted by molar-refractivity contribution is 6.30. The summed E-state index contributed by atoms with van der Waals surface area (Å²) in [6, 6.07) is 17.0. The van der Waals surface area contributed by atoms with Crippen LogP contribution in [-0.2, 0) is 11.2 Å². The summed E-state index contributed by atoms with van der Waals surface area (Å²) in [5.74, 6) is 0.169. The Bertz CT molecular complexity index is 748. The lowest BCUT2D eigenvalue weighted by molar-refractivity contribution is -0.127. The molecule has 1 unspecified atom stereocenters. The van der Waals surface area contributed by atoms with E-state index in [4.69, 9.17) is 11.6 Å². The molecule has 1 aliphatic heterocycles. The Morgan fingerprint density at radius 2 is 1.96 bits per heavy atom. The molecule has 2 aromatic carbocycles. The van der Waals surface area contributed by atoms with E-state index in [0.29, 0.717) is 30.1 Å². The lowest BCUT2D eigenvalue weighted by Crippen LogP contribution is -2.32. The maximum absolute atomic E-state index is 12.2. The van der Waals surface area contributed by atoms with Crippen LogP contribution >= 0.6 is 11.6 Å². The van der Waals surface area contributed by atoms with Crippen molar-refractivity contribution in [2.45, 2.75) is 12.8 Å². The van der Waals surface area contributed by atoms with Gasteiger partial charge in [0.1, 0.15) is 0 Å². The first-order valence-corrected chi connectivity index (χ1v) is 8.85. The Hall–Kier alpha value is -2.33. The van der Waals surface area contributed by atoms with Crippen LogP contribution in [0.3, 0.4) is 0 Å². The van der Waals surface area contributed by atoms with Crippen molar-refractivity contribution in [3.63, 3.8) is 0 Å². The van der Waals surface area contributed by atoms with E-state index >= 15 is 0 Å². The highest BCUT2D eigenvalue weighted by Crippen LogP contribution is 2.18. The molecule has 5 heteroatoms. The average molecular weight is 357 g/mol. The molecule has 0 saturated carbocycles. The van der Waals surface area contributed by atoms with E-state index in [2.05, 4.69) is 17.4 Å². The SMILES string of the molecule is O=C(NCC1CC(=O)N(CCc2ccccc2)C1)c1cccc(Cl)c1. The number of hydrogen-bond donors (Lipinski definition) is 1. The van der Waals surface area contributed by atoms with Gasteiger partial charge in [-0.05, 0) is 30.2 Å². The van der Waals surface area contributed by atoms with Crippen LogP contribution in [0.4, 0.5) is 0 Å². The summed E-state index contributed by atoms with van der Waals surface area (Å²) in [6.45, 7) is 1.92. The number of halogens is 1. The summed E-state index contributed by atoms with van der Waals surface area (Å²) >= 11 is 5.91. The van der Waals surface area contributed by atoms with Crippen molar-refractivity contribution in [3.05, 3.63) is 70.7 Å². The number of benzene rings is 2. The molecule has 0 radical (unpaired) electrons. The van der Waals surface area contributed by atoms with E-state index in [1.54, 1.807) is 24.3 Å². The number of hydrogen-bond acceptors (Lipinski definition) is 2. The van der Waals surface area contributed by atoms with Crippen LogP contribution in [0.25, 0.3) is 0 Å². The first kappa shape index (κ1) is 17.5. The van der Waals surface area contributed by atoms with E-state index < -0.39 is 0 Å². The molecule has 4 nitrogen and oxygen atoms in total. The third kappa shape index (κ3) is 4.83. The van der Waals surface area contributed by atoms with E-state index in [1.807, 2.05) is 23.1 Å². The second kappa shape index (κ2) is 8.17. The van der Waals surface area contributed by atoms with Crippen molar-refractivity contribution >= 4 is 23.4 Å². The molecular weight excluding hydrogens is 336 g/mol. The smallest absolute Gasteiger partial charge is 0.251 e. The van der Waals surface area contributed by atoms with Crippen molar-refractivity contribution in [3.8, 4) is 0 Å². The Kier molecular flexibility index (Phi) is 5.71. The average Bonchev–Trinajstić information content (AvgIpc) is 2.98. The second-order valence-electron chi connectivity index (χ2n) is 6.37. The summed E-state index contributed by atoms with van der Waals surface area (Å²) in [4.78, 5) is 26.2. The molecule has 0 spiro atoms. The molecule has 3 rings (SSSR count). The number of amides is 2. The van der Waals surface area contributed by atoms with Gasteiger partial charge in [0.05, 0.1) is 0 Å². The zero-order chi connectivity index (χ0) is 17.6. The highest BCUT2D eigenvalue weighted by atomic mass is 35.5. The van der Waals surface area contributed by atoms with Crippen LogP contribution < -0.4 is 5.32 Å². The number of carbonyl (C=O) groups is 2. The second-order valence-corrected chi connectivity index (χ2v) is 6.80. The Labute approximate surface area is 152 Å². The molecule has 1 heterocycles. The molecule has 2 aromatic rings. The minimum absolute atomic E-state index is 0.155. The van der Waals surface area contributed by atoms with Crippen LogP contribution in [0.1, 0.15) is 22.3 Å². The van der Waals surface area contributed by atoms with Crippen LogP contribution in [0.5, 0.6) is 0 Å². The summed E-state index contributed by atoms with van der Waals surface area (Å²) in [5, 5.41) is 3.44. The molecule has 1 fully saturated rings. The lowest BCUT2D eigenvalue weighted by atomic mass is 10.1. The predicted molar refractivity (Wildman–Crippen MR) is 98.6 cm³/mol. The lowest BCUT2D eigenvalue weighted by Gasteiger charge is -2.17. The monoisotopic (exact) mass is 356 g/mol. The molecule has 1 N–H and O–H groups in total. The molecule has 1 atom stereocenters. The number of nitrogens with zero attached hydrogens (tertiary/aromatic N) is 1. The molecule has 1 saturated heterocycles. The van der Waals surface area contributed by atoms with Gasteiger partial charge in [-0.3, -0.25) is 9.59 Å². The van der Waals surface area contributed by atoms with Crippen LogP contribution in [-0.4, -0.2) is 36.3 Å². The van der Waals surface area contributed by atoms with Crippen LogP contribution in [0, 0.1) is 5.92 Å². The fourth-order valence-corrected chi connectivity index (χ4v) is 3.27. The van der Waals surface area contributed by atoms with Crippen LogP contribution in [0.15, 0.2) is 54.6 Å². The van der Waals surface area contributed by atoms with Gasteiger partial charge in [-0.25, -0.2) is 0 Å². The topological polar surface area (TPSA) is 49.4 Å². The van der Waals surface area contributed by atoms with E-state index in [-0.39, 0.29) is 17.7 Å².